The number of benzene rings is 1. The summed E-state index contributed by atoms with van der Waals surface area (Å²) in [5.74, 6) is 0. The SMILES string of the molecule is Brc1ccc(C[n+]2ccccc2)cc1.[O-][Cl+3]([O-])([O-])[O-]. The Labute approximate surface area is 121 Å². The molecule has 0 N–H and O–H groups in total. The normalized spacial score (nSPS) is 10.6. The van der Waals surface area contributed by atoms with Crippen LogP contribution >= 0.6 is 15.9 Å². The Kier molecular flexibility index (Phi) is 6.36. The van der Waals surface area contributed by atoms with E-state index >= 15 is 0 Å². The molecule has 0 amide bonds. The zero-order valence-electron chi connectivity index (χ0n) is 9.74. The van der Waals surface area contributed by atoms with E-state index in [0.29, 0.717) is 0 Å². The molecule has 102 valence electrons. The van der Waals surface area contributed by atoms with Gasteiger partial charge in [-0.1, -0.05) is 34.1 Å². The van der Waals surface area contributed by atoms with Crippen molar-refractivity contribution >= 4 is 15.9 Å². The molecule has 1 aromatic carbocycles. The van der Waals surface area contributed by atoms with E-state index in [2.05, 4.69) is 57.2 Å². The number of rotatable bonds is 2. The Hall–Kier alpha value is -1.02. The topological polar surface area (TPSA) is 96.1 Å². The number of nitrogens with zero attached hydrogens (tertiary/aromatic N) is 1. The fourth-order valence-electron chi connectivity index (χ4n) is 1.34. The largest absolute Gasteiger partial charge is 0.222 e. The van der Waals surface area contributed by atoms with E-state index in [1.54, 1.807) is 0 Å². The maximum Gasteiger partial charge on any atom is 0.173 e. The van der Waals surface area contributed by atoms with E-state index in [0.717, 1.165) is 11.0 Å². The van der Waals surface area contributed by atoms with Gasteiger partial charge >= 0.3 is 0 Å². The predicted molar refractivity (Wildman–Crippen MR) is 59.9 cm³/mol. The van der Waals surface area contributed by atoms with Gasteiger partial charge in [0.25, 0.3) is 0 Å². The van der Waals surface area contributed by atoms with Crippen LogP contribution in [0, 0.1) is 10.2 Å². The molecule has 0 bridgehead atoms. The van der Waals surface area contributed by atoms with Crippen molar-refractivity contribution in [2.45, 2.75) is 6.54 Å². The Morgan fingerprint density at radius 2 is 1.37 bits per heavy atom. The average molecular weight is 349 g/mol. The van der Waals surface area contributed by atoms with Crippen LogP contribution in [0.25, 0.3) is 0 Å². The molecule has 0 aliphatic carbocycles. The Balaban J connectivity index is 0.000000312. The second kappa shape index (κ2) is 7.54. The molecule has 0 saturated carbocycles. The predicted octanol–water partition coefficient (Wildman–Crippen LogP) is -1.97. The third-order valence-electron chi connectivity index (χ3n) is 2.06. The van der Waals surface area contributed by atoms with Crippen LogP contribution in [0.1, 0.15) is 5.56 Å². The lowest BCUT2D eigenvalue weighted by Gasteiger charge is -2.17. The zero-order chi connectivity index (χ0) is 14.3. The number of hydrogen-bond donors (Lipinski definition) is 0. The molecule has 0 radical (unpaired) electrons. The van der Waals surface area contributed by atoms with E-state index in [4.69, 9.17) is 18.6 Å². The molecule has 0 saturated heterocycles. The molecule has 1 heterocycles. The molecular weight excluding hydrogens is 337 g/mol. The van der Waals surface area contributed by atoms with E-state index < -0.39 is 10.2 Å². The van der Waals surface area contributed by atoms with Crippen LogP contribution in [0.4, 0.5) is 0 Å². The first-order chi connectivity index (χ1) is 8.84. The lowest BCUT2D eigenvalue weighted by molar-refractivity contribution is -2.00. The van der Waals surface area contributed by atoms with Crippen molar-refractivity contribution in [1.82, 2.24) is 0 Å². The lowest BCUT2D eigenvalue weighted by atomic mass is 10.2. The maximum atomic E-state index is 8.49. The van der Waals surface area contributed by atoms with Crippen LogP contribution in [-0.4, -0.2) is 0 Å². The highest BCUT2D eigenvalue weighted by molar-refractivity contribution is 9.10. The summed E-state index contributed by atoms with van der Waals surface area (Å²) in [6, 6.07) is 14.5. The van der Waals surface area contributed by atoms with Crippen LogP contribution in [0.5, 0.6) is 0 Å². The standard InChI is InChI=1S/C12H11BrN.ClHO4/c13-12-6-4-11(5-7-12)10-14-8-2-1-3-9-14;2-1(3,4)5/h1-9H,10H2;(H,2,3,4,5)/q+1;/p-1. The van der Waals surface area contributed by atoms with Crippen LogP contribution < -0.4 is 23.2 Å². The maximum absolute atomic E-state index is 8.49. The van der Waals surface area contributed by atoms with Crippen molar-refractivity contribution in [3.05, 3.63) is 64.9 Å². The van der Waals surface area contributed by atoms with E-state index in [-0.39, 0.29) is 0 Å². The minimum atomic E-state index is -4.94. The molecule has 19 heavy (non-hydrogen) atoms. The van der Waals surface area contributed by atoms with Crippen LogP contribution in [0.2, 0.25) is 0 Å². The first kappa shape index (κ1) is 16.0. The van der Waals surface area contributed by atoms with Crippen molar-refractivity contribution in [2.75, 3.05) is 0 Å². The van der Waals surface area contributed by atoms with E-state index in [9.17, 15) is 0 Å². The summed E-state index contributed by atoms with van der Waals surface area (Å²) >= 11 is 3.42. The molecular formula is C12H11BrClNO4. The van der Waals surface area contributed by atoms with Gasteiger partial charge in [-0.05, 0) is 12.1 Å². The van der Waals surface area contributed by atoms with Gasteiger partial charge in [-0.15, -0.1) is 10.2 Å². The number of hydrogen-bond acceptors (Lipinski definition) is 4. The van der Waals surface area contributed by atoms with Crippen molar-refractivity contribution < 1.29 is 33.4 Å². The summed E-state index contributed by atoms with van der Waals surface area (Å²) in [5, 5.41) is 0. The second-order valence-electron chi connectivity index (χ2n) is 3.55. The smallest absolute Gasteiger partial charge is 0.173 e. The molecule has 0 fully saturated rings. The quantitative estimate of drug-likeness (QED) is 0.588. The molecule has 7 heteroatoms. The molecule has 2 rings (SSSR count). The third kappa shape index (κ3) is 8.66. The number of aromatic nitrogens is 1. The van der Waals surface area contributed by atoms with Gasteiger partial charge in [-0.25, -0.2) is 23.2 Å². The summed E-state index contributed by atoms with van der Waals surface area (Å²) < 4.78 is 37.3. The molecule has 0 atom stereocenters. The molecule has 0 aliphatic heterocycles. The van der Waals surface area contributed by atoms with Gasteiger partial charge in [0.2, 0.25) is 0 Å². The Bertz CT molecular complexity index is 481. The summed E-state index contributed by atoms with van der Waals surface area (Å²) in [6.07, 6.45) is 4.14. The van der Waals surface area contributed by atoms with Gasteiger partial charge in [0.1, 0.15) is 0 Å². The highest BCUT2D eigenvalue weighted by atomic mass is 79.9. The number of pyridine rings is 1. The van der Waals surface area contributed by atoms with Gasteiger partial charge in [0, 0.05) is 22.2 Å². The average Bonchev–Trinajstić information content (AvgIpc) is 2.31. The minimum absolute atomic E-state index is 0.925. The van der Waals surface area contributed by atoms with Gasteiger partial charge in [-0.3, -0.25) is 0 Å². The summed E-state index contributed by atoms with van der Waals surface area (Å²) in [5.41, 5.74) is 1.31. The highest BCUT2D eigenvalue weighted by Gasteiger charge is 1.99. The van der Waals surface area contributed by atoms with Gasteiger partial charge in [-0.2, -0.15) is 0 Å². The Morgan fingerprint density at radius 1 is 0.895 bits per heavy atom. The first-order valence-electron chi connectivity index (χ1n) is 5.15. The zero-order valence-corrected chi connectivity index (χ0v) is 12.1. The van der Waals surface area contributed by atoms with Crippen LogP contribution in [0.15, 0.2) is 59.3 Å². The fraction of sp³-hybridized carbons (Fsp3) is 0.0833. The molecule has 0 aliphatic rings. The van der Waals surface area contributed by atoms with Crippen molar-refractivity contribution in [3.8, 4) is 0 Å². The molecule has 5 nitrogen and oxygen atoms in total. The van der Waals surface area contributed by atoms with Gasteiger partial charge in [0.05, 0.1) is 0 Å². The monoisotopic (exact) mass is 347 g/mol. The molecule has 0 spiro atoms. The Morgan fingerprint density at radius 3 is 1.84 bits per heavy atom. The van der Waals surface area contributed by atoms with Crippen LogP contribution in [0.3, 0.4) is 0 Å². The minimum Gasteiger partial charge on any atom is -0.222 e. The summed E-state index contributed by atoms with van der Waals surface area (Å²) in [6.45, 7) is 0.925. The van der Waals surface area contributed by atoms with Crippen molar-refractivity contribution in [2.24, 2.45) is 0 Å². The van der Waals surface area contributed by atoms with E-state index in [1.165, 1.54) is 5.56 Å². The van der Waals surface area contributed by atoms with Gasteiger partial charge in [0.15, 0.2) is 18.9 Å². The summed E-state index contributed by atoms with van der Waals surface area (Å²) in [7, 11) is -4.94. The van der Waals surface area contributed by atoms with Crippen molar-refractivity contribution in [3.63, 3.8) is 0 Å². The van der Waals surface area contributed by atoms with E-state index in [1.807, 2.05) is 18.2 Å². The highest BCUT2D eigenvalue weighted by Crippen LogP contribution is 2.09. The van der Waals surface area contributed by atoms with Crippen LogP contribution in [-0.2, 0) is 6.54 Å². The molecule has 0 unspecified atom stereocenters. The van der Waals surface area contributed by atoms with Crippen molar-refractivity contribution in [1.29, 1.82) is 0 Å². The fourth-order valence-corrected chi connectivity index (χ4v) is 1.60. The second-order valence-corrected chi connectivity index (χ2v) is 5.22. The first-order valence-corrected chi connectivity index (χ1v) is 7.17. The molecule has 2 aromatic rings. The molecule has 1 aromatic heterocycles. The summed E-state index contributed by atoms with van der Waals surface area (Å²) in [4.78, 5) is 0. The van der Waals surface area contributed by atoms with Gasteiger partial charge < -0.3 is 0 Å². The third-order valence-corrected chi connectivity index (χ3v) is 2.58. The number of halogens is 2. The lowest BCUT2D eigenvalue weighted by Crippen LogP contribution is -2.68.